The van der Waals surface area contributed by atoms with Crippen LogP contribution in [0.2, 0.25) is 0 Å². The molecule has 0 radical (unpaired) electrons. The Kier molecular flexibility index (Phi) is 6.68. The van der Waals surface area contributed by atoms with E-state index in [1.807, 2.05) is 51.7 Å². The summed E-state index contributed by atoms with van der Waals surface area (Å²) in [5.74, 6) is 0. The molecule has 0 atom stereocenters. The lowest BCUT2D eigenvalue weighted by Gasteiger charge is -2.35. The molecule has 5 heteroatoms. The number of aryl methyl sites for hydroxylation is 1. The van der Waals surface area contributed by atoms with E-state index in [0.29, 0.717) is 13.2 Å². The number of thiocarbonyl (C=S) groups is 1. The summed E-state index contributed by atoms with van der Waals surface area (Å²) in [6, 6.07) is 8.21. The van der Waals surface area contributed by atoms with Gasteiger partial charge in [-0.25, -0.2) is 0 Å². The van der Waals surface area contributed by atoms with E-state index in [4.69, 9.17) is 17.0 Å². The van der Waals surface area contributed by atoms with E-state index in [-0.39, 0.29) is 15.2 Å². The SMILES string of the molecule is CCOC(=S)SC(=O)N(Cc1ccc(C)cc1)C(C)(C)C. The molecule has 1 aromatic carbocycles. The zero-order valence-corrected chi connectivity index (χ0v) is 14.9. The molecule has 0 fully saturated rings. The average Bonchev–Trinajstić information content (AvgIpc) is 2.36. The van der Waals surface area contributed by atoms with Crippen LogP contribution in [-0.4, -0.2) is 26.7 Å². The number of benzene rings is 1. The molecule has 0 N–H and O–H groups in total. The van der Waals surface area contributed by atoms with Crippen LogP contribution in [0.25, 0.3) is 0 Å². The van der Waals surface area contributed by atoms with Crippen LogP contribution in [0.4, 0.5) is 4.79 Å². The monoisotopic (exact) mass is 325 g/mol. The van der Waals surface area contributed by atoms with Crippen LogP contribution < -0.4 is 0 Å². The molecule has 3 nitrogen and oxygen atoms in total. The maximum atomic E-state index is 12.5. The summed E-state index contributed by atoms with van der Waals surface area (Å²) in [6.07, 6.45) is 0. The van der Waals surface area contributed by atoms with Crippen LogP contribution in [0.3, 0.4) is 0 Å². The molecular weight excluding hydrogens is 302 g/mol. The van der Waals surface area contributed by atoms with Crippen molar-refractivity contribution in [2.45, 2.75) is 46.7 Å². The zero-order valence-electron chi connectivity index (χ0n) is 13.3. The third kappa shape index (κ3) is 6.06. The Bertz CT molecular complexity index is 492. The van der Waals surface area contributed by atoms with E-state index >= 15 is 0 Å². The number of rotatable bonds is 3. The van der Waals surface area contributed by atoms with E-state index in [1.165, 1.54) is 5.56 Å². The molecule has 0 unspecified atom stereocenters. The van der Waals surface area contributed by atoms with Gasteiger partial charge in [0.25, 0.3) is 5.24 Å². The van der Waals surface area contributed by atoms with Gasteiger partial charge in [-0.1, -0.05) is 29.8 Å². The predicted molar refractivity (Wildman–Crippen MR) is 93.7 cm³/mol. The molecule has 0 aliphatic heterocycles. The van der Waals surface area contributed by atoms with Crippen molar-refractivity contribution >= 4 is 33.6 Å². The van der Waals surface area contributed by atoms with Crippen molar-refractivity contribution in [2.75, 3.05) is 6.61 Å². The molecule has 0 aromatic heterocycles. The van der Waals surface area contributed by atoms with Crippen molar-refractivity contribution in [3.63, 3.8) is 0 Å². The standard InChI is InChI=1S/C16H23NO2S2/c1-6-19-15(20)21-14(18)17(16(3,4)5)11-13-9-7-12(2)8-10-13/h7-10H,6,11H2,1-5H3. The molecule has 116 valence electrons. The third-order valence-corrected chi connectivity index (χ3v) is 3.97. The average molecular weight is 325 g/mol. The molecule has 21 heavy (non-hydrogen) atoms. The second-order valence-corrected chi connectivity index (χ2v) is 7.35. The van der Waals surface area contributed by atoms with Crippen LogP contribution in [0, 0.1) is 6.92 Å². The van der Waals surface area contributed by atoms with E-state index < -0.39 is 0 Å². The summed E-state index contributed by atoms with van der Waals surface area (Å²) >= 11 is 6.02. The number of amides is 1. The van der Waals surface area contributed by atoms with Gasteiger partial charge < -0.3 is 9.64 Å². The maximum absolute atomic E-state index is 12.5. The van der Waals surface area contributed by atoms with E-state index in [1.54, 1.807) is 0 Å². The van der Waals surface area contributed by atoms with Crippen molar-refractivity contribution in [1.82, 2.24) is 4.90 Å². The van der Waals surface area contributed by atoms with E-state index in [0.717, 1.165) is 17.3 Å². The first-order chi connectivity index (χ1) is 9.74. The molecule has 1 amide bonds. The molecule has 0 bridgehead atoms. The van der Waals surface area contributed by atoms with Gasteiger partial charge in [-0.05, 0) is 52.4 Å². The number of ether oxygens (including phenoxy) is 1. The fourth-order valence-corrected chi connectivity index (χ4v) is 2.83. The molecule has 1 aromatic rings. The normalized spacial score (nSPS) is 11.1. The molecule has 0 aliphatic rings. The maximum Gasteiger partial charge on any atom is 0.290 e. The fraction of sp³-hybridized carbons (Fsp3) is 0.500. The number of hydrogen-bond donors (Lipinski definition) is 0. The van der Waals surface area contributed by atoms with Gasteiger partial charge in [0.2, 0.25) is 4.38 Å². The van der Waals surface area contributed by atoms with Crippen LogP contribution in [0.5, 0.6) is 0 Å². The number of hydrogen-bond acceptors (Lipinski definition) is 4. The number of carbonyl (C=O) groups excluding carboxylic acids is 1. The molecule has 1 rings (SSSR count). The Morgan fingerprint density at radius 2 is 1.86 bits per heavy atom. The Balaban J connectivity index is 2.83. The Morgan fingerprint density at radius 3 is 2.33 bits per heavy atom. The highest BCUT2D eigenvalue weighted by atomic mass is 32.2. The Hall–Kier alpha value is -1.07. The number of thioether (sulfide) groups is 1. The molecule has 0 saturated carbocycles. The van der Waals surface area contributed by atoms with Gasteiger partial charge in [0.15, 0.2) is 0 Å². The summed E-state index contributed by atoms with van der Waals surface area (Å²) in [7, 11) is 0. The Morgan fingerprint density at radius 1 is 1.29 bits per heavy atom. The zero-order chi connectivity index (χ0) is 16.0. The largest absolute Gasteiger partial charge is 0.479 e. The van der Waals surface area contributed by atoms with Crippen LogP contribution in [0.15, 0.2) is 24.3 Å². The van der Waals surface area contributed by atoms with Gasteiger partial charge in [0, 0.05) is 23.8 Å². The minimum Gasteiger partial charge on any atom is -0.479 e. The van der Waals surface area contributed by atoms with E-state index in [2.05, 4.69) is 12.1 Å². The van der Waals surface area contributed by atoms with Gasteiger partial charge in [-0.2, -0.15) is 0 Å². The quantitative estimate of drug-likeness (QED) is 0.749. The fourth-order valence-electron chi connectivity index (χ4n) is 1.73. The highest BCUT2D eigenvalue weighted by Gasteiger charge is 2.28. The smallest absolute Gasteiger partial charge is 0.290 e. The minimum atomic E-state index is -0.281. The molecule has 0 heterocycles. The first-order valence-electron chi connectivity index (χ1n) is 6.95. The highest BCUT2D eigenvalue weighted by molar-refractivity contribution is 8.32. The third-order valence-electron chi connectivity index (χ3n) is 2.92. The minimum absolute atomic E-state index is 0.0819. The topological polar surface area (TPSA) is 29.5 Å². The Labute approximate surface area is 137 Å². The summed E-state index contributed by atoms with van der Waals surface area (Å²) in [5, 5.41) is -0.0819. The summed E-state index contributed by atoms with van der Waals surface area (Å²) < 4.78 is 5.47. The van der Waals surface area contributed by atoms with Crippen molar-refractivity contribution in [3.8, 4) is 0 Å². The van der Waals surface area contributed by atoms with Gasteiger partial charge >= 0.3 is 0 Å². The summed E-state index contributed by atoms with van der Waals surface area (Å²) in [5.41, 5.74) is 2.03. The van der Waals surface area contributed by atoms with Crippen LogP contribution >= 0.6 is 24.0 Å². The predicted octanol–water partition coefficient (Wildman–Crippen LogP) is 4.77. The molecule has 0 saturated heterocycles. The lowest BCUT2D eigenvalue weighted by molar-refractivity contribution is 0.162. The second-order valence-electron chi connectivity index (χ2n) is 5.79. The number of carbonyl (C=O) groups is 1. The second kappa shape index (κ2) is 7.80. The number of nitrogens with zero attached hydrogens (tertiary/aromatic N) is 1. The molecular formula is C16H23NO2S2. The molecule has 0 aliphatic carbocycles. The van der Waals surface area contributed by atoms with Crippen molar-refractivity contribution in [2.24, 2.45) is 0 Å². The van der Waals surface area contributed by atoms with Crippen LogP contribution in [0.1, 0.15) is 38.8 Å². The van der Waals surface area contributed by atoms with Crippen molar-refractivity contribution in [3.05, 3.63) is 35.4 Å². The highest BCUT2D eigenvalue weighted by Crippen LogP contribution is 2.24. The van der Waals surface area contributed by atoms with Gasteiger partial charge in [0.05, 0.1) is 6.61 Å². The first kappa shape index (κ1) is 18.0. The van der Waals surface area contributed by atoms with Crippen LogP contribution in [-0.2, 0) is 11.3 Å². The first-order valence-corrected chi connectivity index (χ1v) is 8.18. The van der Waals surface area contributed by atoms with Gasteiger partial charge in [0.1, 0.15) is 0 Å². The lowest BCUT2D eigenvalue weighted by Crippen LogP contribution is -2.43. The van der Waals surface area contributed by atoms with Crippen molar-refractivity contribution in [1.29, 1.82) is 0 Å². The van der Waals surface area contributed by atoms with E-state index in [9.17, 15) is 4.79 Å². The summed E-state index contributed by atoms with van der Waals surface area (Å²) in [6.45, 7) is 11.0. The summed E-state index contributed by atoms with van der Waals surface area (Å²) in [4.78, 5) is 14.3. The van der Waals surface area contributed by atoms with Gasteiger partial charge in [-0.15, -0.1) is 0 Å². The molecule has 0 spiro atoms. The van der Waals surface area contributed by atoms with Crippen molar-refractivity contribution < 1.29 is 9.53 Å². The lowest BCUT2D eigenvalue weighted by atomic mass is 10.1. The van der Waals surface area contributed by atoms with Gasteiger partial charge in [-0.3, -0.25) is 4.79 Å².